The minimum Gasteiger partial charge on any atom is -0.324 e. The Morgan fingerprint density at radius 3 is 2.70 bits per heavy atom. The number of hydrogen-bond donors (Lipinski definition) is 1. The Balaban J connectivity index is 2.27. The third kappa shape index (κ3) is 3.08. The van der Waals surface area contributed by atoms with Crippen LogP contribution in [0, 0.1) is 13.8 Å². The van der Waals surface area contributed by atoms with Crippen LogP contribution in [0.5, 0.6) is 0 Å². The van der Waals surface area contributed by atoms with Gasteiger partial charge in [-0.25, -0.2) is 0 Å². The fraction of sp³-hybridized carbons (Fsp3) is 0.400. The molecule has 2 N–H and O–H groups in total. The maximum absolute atomic E-state index is 6.33. The van der Waals surface area contributed by atoms with E-state index in [-0.39, 0.29) is 6.04 Å². The Kier molecular flexibility index (Phi) is 4.89. The van der Waals surface area contributed by atoms with E-state index in [2.05, 4.69) is 47.0 Å². The molecule has 0 radical (unpaired) electrons. The molecule has 0 saturated carbocycles. The van der Waals surface area contributed by atoms with E-state index in [4.69, 9.17) is 17.3 Å². The van der Waals surface area contributed by atoms with E-state index in [1.807, 2.05) is 17.7 Å². The highest BCUT2D eigenvalue weighted by Crippen LogP contribution is 2.27. The fourth-order valence-corrected chi connectivity index (χ4v) is 2.75. The first-order valence-corrected chi connectivity index (χ1v) is 7.84. The van der Waals surface area contributed by atoms with E-state index in [0.717, 1.165) is 33.0 Å². The van der Waals surface area contributed by atoms with Gasteiger partial charge in [0, 0.05) is 23.5 Å². The van der Waals surface area contributed by atoms with Crippen molar-refractivity contribution >= 4 is 27.5 Å². The zero-order valence-corrected chi connectivity index (χ0v) is 14.3. The molecule has 0 spiro atoms. The molecular weight excluding hydrogens is 338 g/mol. The normalized spacial score (nSPS) is 12.7. The molecule has 0 fully saturated rings. The quantitative estimate of drug-likeness (QED) is 0.893. The second-order valence-electron chi connectivity index (χ2n) is 4.98. The molecule has 1 atom stereocenters. The summed E-state index contributed by atoms with van der Waals surface area (Å²) in [5, 5.41) is 5.16. The first kappa shape index (κ1) is 15.5. The lowest BCUT2D eigenvalue weighted by Gasteiger charge is -2.14. The predicted octanol–water partition coefficient (Wildman–Crippen LogP) is 4.18. The van der Waals surface area contributed by atoms with Gasteiger partial charge in [0.05, 0.1) is 16.4 Å². The van der Waals surface area contributed by atoms with Crippen molar-refractivity contribution in [2.45, 2.75) is 39.8 Å². The van der Waals surface area contributed by atoms with Crippen LogP contribution in [0.4, 0.5) is 0 Å². The maximum Gasteiger partial charge on any atom is 0.0847 e. The molecule has 108 valence electrons. The number of nitrogens with zero attached hydrogens (tertiary/aromatic N) is 2. The van der Waals surface area contributed by atoms with Crippen molar-refractivity contribution in [1.29, 1.82) is 0 Å². The van der Waals surface area contributed by atoms with Gasteiger partial charge in [0.15, 0.2) is 0 Å². The van der Waals surface area contributed by atoms with E-state index >= 15 is 0 Å². The van der Waals surface area contributed by atoms with E-state index in [9.17, 15) is 0 Å². The van der Waals surface area contributed by atoms with E-state index in [1.165, 1.54) is 5.56 Å². The van der Waals surface area contributed by atoms with Crippen LogP contribution in [-0.4, -0.2) is 9.78 Å². The molecule has 5 heteroatoms. The van der Waals surface area contributed by atoms with Crippen molar-refractivity contribution in [2.24, 2.45) is 5.73 Å². The van der Waals surface area contributed by atoms with Crippen LogP contribution in [0.15, 0.2) is 22.7 Å². The molecule has 1 unspecified atom stereocenters. The summed E-state index contributed by atoms with van der Waals surface area (Å²) < 4.78 is 3.03. The Hall–Kier alpha value is -0.840. The number of rotatable bonds is 4. The minimum atomic E-state index is -0.0827. The van der Waals surface area contributed by atoms with Gasteiger partial charge >= 0.3 is 0 Å². The average molecular weight is 357 g/mol. The van der Waals surface area contributed by atoms with Gasteiger partial charge in [-0.15, -0.1) is 0 Å². The van der Waals surface area contributed by atoms with Gasteiger partial charge in [0.1, 0.15) is 0 Å². The molecule has 0 aliphatic carbocycles. The van der Waals surface area contributed by atoms with E-state index in [0.29, 0.717) is 6.42 Å². The van der Waals surface area contributed by atoms with E-state index < -0.39 is 0 Å². The molecule has 0 saturated heterocycles. The Morgan fingerprint density at radius 1 is 1.40 bits per heavy atom. The maximum atomic E-state index is 6.33. The summed E-state index contributed by atoms with van der Waals surface area (Å²) in [6.07, 6.45) is 0.689. The lowest BCUT2D eigenvalue weighted by Crippen LogP contribution is -2.16. The first-order valence-electron chi connectivity index (χ1n) is 6.67. The highest BCUT2D eigenvalue weighted by atomic mass is 79.9. The number of aryl methyl sites for hydroxylation is 3. The van der Waals surface area contributed by atoms with Gasteiger partial charge in [0.25, 0.3) is 0 Å². The molecule has 0 aliphatic rings. The number of hydrogen-bond acceptors (Lipinski definition) is 2. The minimum absolute atomic E-state index is 0.0827. The molecule has 0 amide bonds. The van der Waals surface area contributed by atoms with Gasteiger partial charge in [-0.05, 0) is 38.0 Å². The zero-order valence-electron chi connectivity index (χ0n) is 12.0. The van der Waals surface area contributed by atoms with Gasteiger partial charge < -0.3 is 5.73 Å². The van der Waals surface area contributed by atoms with Crippen molar-refractivity contribution in [3.8, 4) is 0 Å². The molecule has 2 aromatic rings. The number of aromatic nitrogens is 2. The monoisotopic (exact) mass is 355 g/mol. The highest BCUT2D eigenvalue weighted by Gasteiger charge is 2.17. The number of nitrogens with two attached hydrogens (primary N) is 1. The molecule has 0 aliphatic heterocycles. The molecule has 1 aromatic carbocycles. The largest absolute Gasteiger partial charge is 0.324 e. The predicted molar refractivity (Wildman–Crippen MR) is 87.2 cm³/mol. The second kappa shape index (κ2) is 6.29. The highest BCUT2D eigenvalue weighted by molar-refractivity contribution is 9.10. The third-order valence-corrected chi connectivity index (χ3v) is 4.86. The molecule has 20 heavy (non-hydrogen) atoms. The van der Waals surface area contributed by atoms with Gasteiger partial charge in [-0.2, -0.15) is 5.10 Å². The molecule has 0 bridgehead atoms. The SMILES string of the molecule is CCn1nc(C)c(Cl)c1CC(N)c1ccc(Br)c(C)c1. The summed E-state index contributed by atoms with van der Waals surface area (Å²) in [5.74, 6) is 0. The summed E-state index contributed by atoms with van der Waals surface area (Å²) in [6, 6.07) is 6.12. The third-order valence-electron chi connectivity index (χ3n) is 3.48. The topological polar surface area (TPSA) is 43.8 Å². The molecular formula is C15H19BrClN3. The van der Waals surface area contributed by atoms with Gasteiger partial charge in [0.2, 0.25) is 0 Å². The molecule has 1 heterocycles. The van der Waals surface area contributed by atoms with Crippen molar-refractivity contribution in [1.82, 2.24) is 9.78 Å². The molecule has 3 nitrogen and oxygen atoms in total. The lowest BCUT2D eigenvalue weighted by atomic mass is 10.0. The molecule has 2 rings (SSSR count). The van der Waals surface area contributed by atoms with Crippen LogP contribution >= 0.6 is 27.5 Å². The summed E-state index contributed by atoms with van der Waals surface area (Å²) in [6.45, 7) is 6.84. The summed E-state index contributed by atoms with van der Waals surface area (Å²) in [5.41, 5.74) is 10.5. The zero-order chi connectivity index (χ0) is 14.9. The Morgan fingerprint density at radius 2 is 2.10 bits per heavy atom. The van der Waals surface area contributed by atoms with Gasteiger partial charge in [-0.3, -0.25) is 4.68 Å². The first-order chi connectivity index (χ1) is 9.43. The van der Waals surface area contributed by atoms with Crippen molar-refractivity contribution in [2.75, 3.05) is 0 Å². The summed E-state index contributed by atoms with van der Waals surface area (Å²) in [7, 11) is 0. The Bertz CT molecular complexity index is 622. The van der Waals surface area contributed by atoms with Crippen LogP contribution in [0.2, 0.25) is 5.02 Å². The van der Waals surface area contributed by atoms with Crippen LogP contribution in [-0.2, 0) is 13.0 Å². The summed E-state index contributed by atoms with van der Waals surface area (Å²) in [4.78, 5) is 0. The average Bonchev–Trinajstić information content (AvgIpc) is 2.69. The standard InChI is InChI=1S/C15H19BrClN3/c1-4-20-14(15(17)10(3)19-20)8-13(18)11-5-6-12(16)9(2)7-11/h5-7,13H,4,8,18H2,1-3H3. The van der Waals surface area contributed by atoms with Crippen molar-refractivity contribution < 1.29 is 0 Å². The van der Waals surface area contributed by atoms with Crippen LogP contribution in [0.25, 0.3) is 0 Å². The fourth-order valence-electron chi connectivity index (χ4n) is 2.29. The number of halogens is 2. The summed E-state index contributed by atoms with van der Waals surface area (Å²) >= 11 is 9.84. The van der Waals surface area contributed by atoms with Crippen molar-refractivity contribution in [3.63, 3.8) is 0 Å². The van der Waals surface area contributed by atoms with Crippen molar-refractivity contribution in [3.05, 3.63) is 50.2 Å². The number of benzene rings is 1. The Labute approximate surface area is 133 Å². The van der Waals surface area contributed by atoms with Crippen LogP contribution < -0.4 is 5.73 Å². The van der Waals surface area contributed by atoms with E-state index in [1.54, 1.807) is 0 Å². The van der Waals surface area contributed by atoms with Gasteiger partial charge in [-0.1, -0.05) is 39.7 Å². The van der Waals surface area contributed by atoms with Crippen LogP contribution in [0.1, 0.15) is 35.5 Å². The lowest BCUT2D eigenvalue weighted by molar-refractivity contribution is 0.587. The van der Waals surface area contributed by atoms with Crippen LogP contribution in [0.3, 0.4) is 0 Å². The molecule has 1 aromatic heterocycles. The second-order valence-corrected chi connectivity index (χ2v) is 6.21. The smallest absolute Gasteiger partial charge is 0.0847 e.